The fourth-order valence-corrected chi connectivity index (χ4v) is 2.92. The molecule has 0 aliphatic carbocycles. The van der Waals surface area contributed by atoms with Crippen LogP contribution in [0.1, 0.15) is 0 Å². The first kappa shape index (κ1) is 19.5. The molecular weight excluding hydrogens is 456 g/mol. The highest BCUT2D eigenvalue weighted by Gasteiger charge is 2.09. The average molecular weight is 477 g/mol. The van der Waals surface area contributed by atoms with Gasteiger partial charge in [0.1, 0.15) is 11.6 Å². The van der Waals surface area contributed by atoms with Crippen molar-refractivity contribution in [2.24, 2.45) is 0 Å². The molecule has 0 unspecified atom stereocenters. The van der Waals surface area contributed by atoms with E-state index in [2.05, 4.69) is 48.1 Å². The molecule has 0 saturated heterocycles. The number of halogens is 2. The van der Waals surface area contributed by atoms with Crippen LogP contribution >= 0.6 is 22.6 Å². The van der Waals surface area contributed by atoms with Crippen molar-refractivity contribution in [2.75, 3.05) is 37.8 Å². The van der Waals surface area contributed by atoms with Gasteiger partial charge < -0.3 is 15.5 Å². The summed E-state index contributed by atoms with van der Waals surface area (Å²) in [6.07, 6.45) is 0. The van der Waals surface area contributed by atoms with Crippen LogP contribution in [0.3, 0.4) is 0 Å². The molecule has 0 saturated carbocycles. The number of hydrogen-bond acceptors (Lipinski definition) is 5. The van der Waals surface area contributed by atoms with Gasteiger partial charge in [-0.3, -0.25) is 0 Å². The Kier molecular flexibility index (Phi) is 6.57. The lowest BCUT2D eigenvalue weighted by Gasteiger charge is -2.13. The molecule has 1 aromatic heterocycles. The first-order valence-corrected chi connectivity index (χ1v) is 9.64. The minimum atomic E-state index is -0.316. The Hall–Kier alpha value is -2.26. The maximum Gasteiger partial charge on any atom is 0.225 e. The van der Waals surface area contributed by atoms with Gasteiger partial charge in [0.15, 0.2) is 0 Å². The normalized spacial score (nSPS) is 10.9. The number of nitrogens with one attached hydrogen (secondary N) is 2. The standard InChI is InChI=1S/C20H21FIN5/c1-27(2)11-10-23-20-25-18(14-6-4-3-5-7-14)13-19(26-20)24-17-9-8-15(22)12-16(17)21/h3-9,12-13H,10-11H2,1-2H3,(H2,23,24,25,26). The summed E-state index contributed by atoms with van der Waals surface area (Å²) in [5, 5.41) is 6.31. The summed E-state index contributed by atoms with van der Waals surface area (Å²) in [6.45, 7) is 1.57. The van der Waals surface area contributed by atoms with Crippen LogP contribution in [0, 0.1) is 9.39 Å². The molecular formula is C20H21FIN5. The van der Waals surface area contributed by atoms with Gasteiger partial charge in [-0.15, -0.1) is 0 Å². The molecule has 1 heterocycles. The van der Waals surface area contributed by atoms with Gasteiger partial charge in [0, 0.05) is 28.3 Å². The Labute approximate surface area is 172 Å². The second-order valence-electron chi connectivity index (χ2n) is 6.31. The van der Waals surface area contributed by atoms with E-state index >= 15 is 0 Å². The van der Waals surface area contributed by atoms with Gasteiger partial charge in [0.25, 0.3) is 0 Å². The zero-order valence-electron chi connectivity index (χ0n) is 15.2. The summed E-state index contributed by atoms with van der Waals surface area (Å²) >= 11 is 2.08. The highest BCUT2D eigenvalue weighted by Crippen LogP contribution is 2.25. The molecule has 2 aromatic carbocycles. The number of aromatic nitrogens is 2. The maximum absolute atomic E-state index is 14.2. The Morgan fingerprint density at radius 3 is 2.52 bits per heavy atom. The average Bonchev–Trinajstić information content (AvgIpc) is 2.64. The number of benzene rings is 2. The molecule has 5 nitrogen and oxygen atoms in total. The van der Waals surface area contributed by atoms with Gasteiger partial charge in [0.05, 0.1) is 11.4 Å². The minimum absolute atomic E-state index is 0.316. The van der Waals surface area contributed by atoms with Gasteiger partial charge in [-0.05, 0) is 54.9 Å². The molecule has 27 heavy (non-hydrogen) atoms. The van der Waals surface area contributed by atoms with Crippen molar-refractivity contribution < 1.29 is 4.39 Å². The van der Waals surface area contributed by atoms with E-state index in [1.807, 2.05) is 56.6 Å². The van der Waals surface area contributed by atoms with E-state index in [1.54, 1.807) is 6.07 Å². The van der Waals surface area contributed by atoms with Crippen LogP contribution in [-0.2, 0) is 0 Å². The summed E-state index contributed by atoms with van der Waals surface area (Å²) in [5.74, 6) is 0.729. The van der Waals surface area contributed by atoms with E-state index in [0.29, 0.717) is 24.0 Å². The highest BCUT2D eigenvalue weighted by molar-refractivity contribution is 14.1. The fraction of sp³-hybridized carbons (Fsp3) is 0.200. The van der Waals surface area contributed by atoms with E-state index in [1.165, 1.54) is 6.07 Å². The third kappa shape index (κ3) is 5.61. The van der Waals surface area contributed by atoms with Crippen LogP contribution in [0.5, 0.6) is 0 Å². The third-order valence-corrected chi connectivity index (χ3v) is 4.50. The lowest BCUT2D eigenvalue weighted by molar-refractivity contribution is 0.425. The Morgan fingerprint density at radius 2 is 1.81 bits per heavy atom. The molecule has 2 N–H and O–H groups in total. The van der Waals surface area contributed by atoms with E-state index in [9.17, 15) is 4.39 Å². The van der Waals surface area contributed by atoms with Crippen molar-refractivity contribution in [1.29, 1.82) is 0 Å². The van der Waals surface area contributed by atoms with Crippen molar-refractivity contribution in [2.45, 2.75) is 0 Å². The van der Waals surface area contributed by atoms with Gasteiger partial charge in [-0.1, -0.05) is 30.3 Å². The van der Waals surface area contributed by atoms with Crippen molar-refractivity contribution in [1.82, 2.24) is 14.9 Å². The van der Waals surface area contributed by atoms with Crippen molar-refractivity contribution in [3.63, 3.8) is 0 Å². The van der Waals surface area contributed by atoms with Gasteiger partial charge in [-0.25, -0.2) is 9.37 Å². The monoisotopic (exact) mass is 477 g/mol. The topological polar surface area (TPSA) is 53.1 Å². The predicted molar refractivity (Wildman–Crippen MR) is 117 cm³/mol. The predicted octanol–water partition coefficient (Wildman–Crippen LogP) is 4.60. The van der Waals surface area contributed by atoms with Crippen molar-refractivity contribution in [3.8, 4) is 11.3 Å². The van der Waals surface area contributed by atoms with Crippen LogP contribution in [0.25, 0.3) is 11.3 Å². The molecule has 0 spiro atoms. The van der Waals surface area contributed by atoms with E-state index in [4.69, 9.17) is 0 Å². The second-order valence-corrected chi connectivity index (χ2v) is 7.55. The summed E-state index contributed by atoms with van der Waals surface area (Å²) in [6, 6.07) is 16.7. The molecule has 7 heteroatoms. The van der Waals surface area contributed by atoms with Crippen LogP contribution in [0.2, 0.25) is 0 Å². The summed E-state index contributed by atoms with van der Waals surface area (Å²) in [7, 11) is 4.02. The molecule has 3 rings (SSSR count). The Bertz CT molecular complexity index is 902. The van der Waals surface area contributed by atoms with Crippen molar-refractivity contribution in [3.05, 3.63) is 64.0 Å². The van der Waals surface area contributed by atoms with Crippen LogP contribution in [-0.4, -0.2) is 42.1 Å². The zero-order chi connectivity index (χ0) is 19.2. The summed E-state index contributed by atoms with van der Waals surface area (Å²) < 4.78 is 15.1. The summed E-state index contributed by atoms with van der Waals surface area (Å²) in [5.41, 5.74) is 2.13. The lowest BCUT2D eigenvalue weighted by Crippen LogP contribution is -2.21. The fourth-order valence-electron chi connectivity index (χ4n) is 2.47. The van der Waals surface area contributed by atoms with Crippen molar-refractivity contribution >= 4 is 40.0 Å². The Balaban J connectivity index is 1.91. The van der Waals surface area contributed by atoms with E-state index in [0.717, 1.165) is 21.4 Å². The van der Waals surface area contributed by atoms with Gasteiger partial charge in [-0.2, -0.15) is 4.98 Å². The molecule has 0 aliphatic rings. The van der Waals surface area contributed by atoms with Crippen LogP contribution in [0.15, 0.2) is 54.6 Å². The third-order valence-electron chi connectivity index (χ3n) is 3.83. The van der Waals surface area contributed by atoms with Crippen LogP contribution < -0.4 is 10.6 Å². The minimum Gasteiger partial charge on any atom is -0.353 e. The molecule has 0 amide bonds. The molecule has 0 atom stereocenters. The number of rotatable bonds is 7. The first-order chi connectivity index (χ1) is 13.0. The van der Waals surface area contributed by atoms with E-state index in [-0.39, 0.29) is 5.82 Å². The quantitative estimate of drug-likeness (QED) is 0.488. The first-order valence-electron chi connectivity index (χ1n) is 8.56. The van der Waals surface area contributed by atoms with E-state index < -0.39 is 0 Å². The van der Waals surface area contributed by atoms with Gasteiger partial charge >= 0.3 is 0 Å². The zero-order valence-corrected chi connectivity index (χ0v) is 17.4. The summed E-state index contributed by atoms with van der Waals surface area (Å²) in [4.78, 5) is 11.2. The Morgan fingerprint density at radius 1 is 1.04 bits per heavy atom. The SMILES string of the molecule is CN(C)CCNc1nc(Nc2ccc(I)cc2F)cc(-c2ccccc2)n1. The second kappa shape index (κ2) is 9.09. The number of anilines is 3. The largest absolute Gasteiger partial charge is 0.353 e. The molecule has 0 fully saturated rings. The molecule has 140 valence electrons. The number of hydrogen-bond donors (Lipinski definition) is 2. The lowest BCUT2D eigenvalue weighted by atomic mass is 10.1. The number of likely N-dealkylation sites (N-methyl/N-ethyl adjacent to an activating group) is 1. The maximum atomic E-state index is 14.2. The highest BCUT2D eigenvalue weighted by atomic mass is 127. The molecule has 0 radical (unpaired) electrons. The molecule has 3 aromatic rings. The smallest absolute Gasteiger partial charge is 0.225 e. The molecule has 0 bridgehead atoms. The van der Waals surface area contributed by atoms with Gasteiger partial charge in [0.2, 0.25) is 5.95 Å². The number of nitrogens with zero attached hydrogens (tertiary/aromatic N) is 3. The van der Waals surface area contributed by atoms with Crippen LogP contribution in [0.4, 0.5) is 21.8 Å². The molecule has 0 aliphatic heterocycles.